The van der Waals surface area contributed by atoms with Crippen LogP contribution in [0.3, 0.4) is 0 Å². The van der Waals surface area contributed by atoms with E-state index in [2.05, 4.69) is 0 Å². The summed E-state index contributed by atoms with van der Waals surface area (Å²) in [5.41, 5.74) is 1.42. The van der Waals surface area contributed by atoms with Gasteiger partial charge in [0.1, 0.15) is 6.61 Å². The van der Waals surface area contributed by atoms with Gasteiger partial charge in [-0.3, -0.25) is 14.9 Å². The number of nitro benzene ring substituents is 1. The van der Waals surface area contributed by atoms with Crippen LogP contribution in [0.25, 0.3) is 11.3 Å². The largest absolute Gasteiger partial charge is 0.492 e. The molecule has 0 bridgehead atoms. The molecule has 0 spiro atoms. The first kappa shape index (κ1) is 20.1. The molecule has 0 aliphatic heterocycles. The van der Waals surface area contributed by atoms with Gasteiger partial charge >= 0.3 is 0 Å². The topological polar surface area (TPSA) is 115 Å². The van der Waals surface area contributed by atoms with E-state index in [1.54, 1.807) is 6.92 Å². The molecule has 3 aromatic rings. The van der Waals surface area contributed by atoms with Crippen LogP contribution < -0.4 is 10.2 Å². The van der Waals surface area contributed by atoms with E-state index < -0.39 is 16.2 Å². The Morgan fingerprint density at radius 3 is 2.34 bits per heavy atom. The molecule has 8 nitrogen and oxygen atoms in total. The summed E-state index contributed by atoms with van der Waals surface area (Å²) in [7, 11) is 0. The zero-order chi connectivity index (χ0) is 21.0. The summed E-state index contributed by atoms with van der Waals surface area (Å²) in [5, 5.41) is 31.0. The van der Waals surface area contributed by atoms with Crippen LogP contribution in [0, 0.1) is 17.0 Å². The number of hydrogen-bond donors (Lipinski definition) is 2. The minimum absolute atomic E-state index is 0.0149. The van der Waals surface area contributed by atoms with Crippen LogP contribution >= 0.6 is 0 Å². The van der Waals surface area contributed by atoms with Crippen LogP contribution in [0.4, 0.5) is 5.69 Å². The predicted molar refractivity (Wildman–Crippen MR) is 107 cm³/mol. The second kappa shape index (κ2) is 8.57. The highest BCUT2D eigenvalue weighted by Gasteiger charge is 2.22. The van der Waals surface area contributed by atoms with E-state index in [9.17, 15) is 25.1 Å². The molecule has 2 aromatic carbocycles. The van der Waals surface area contributed by atoms with Gasteiger partial charge in [-0.15, -0.1) is 0 Å². The van der Waals surface area contributed by atoms with Gasteiger partial charge in [0.2, 0.25) is 17.1 Å². The van der Waals surface area contributed by atoms with Gasteiger partial charge < -0.3 is 19.5 Å². The SMILES string of the molecule is Cc1c(-c2ccc([N+](=O)[O-])cc2)n(CCO)c(O)c(OCc2ccccc2)c1=O. The van der Waals surface area contributed by atoms with Crippen LogP contribution in [0.5, 0.6) is 11.6 Å². The molecule has 0 unspecified atom stereocenters. The highest BCUT2D eigenvalue weighted by molar-refractivity contribution is 5.67. The smallest absolute Gasteiger partial charge is 0.269 e. The average Bonchev–Trinajstić information content (AvgIpc) is 2.73. The van der Waals surface area contributed by atoms with Crippen LogP contribution in [0.15, 0.2) is 59.4 Å². The fraction of sp³-hybridized carbons (Fsp3) is 0.190. The van der Waals surface area contributed by atoms with Gasteiger partial charge in [-0.25, -0.2) is 0 Å². The van der Waals surface area contributed by atoms with Crippen molar-refractivity contribution in [2.75, 3.05) is 6.61 Å². The van der Waals surface area contributed by atoms with E-state index in [1.165, 1.54) is 28.8 Å². The standard InChI is InChI=1S/C21H20N2O6/c1-14-18(16-7-9-17(10-8-16)23(27)28)22(11-12-24)21(26)20(19(14)25)29-13-15-5-3-2-4-6-15/h2-10,24,26H,11-13H2,1H3. The van der Waals surface area contributed by atoms with Crippen molar-refractivity contribution in [3.05, 3.63) is 86.1 Å². The molecule has 3 rings (SSSR count). The zero-order valence-corrected chi connectivity index (χ0v) is 15.7. The molecule has 0 radical (unpaired) electrons. The Labute approximate surface area is 166 Å². The Morgan fingerprint density at radius 2 is 1.76 bits per heavy atom. The van der Waals surface area contributed by atoms with E-state index in [1.807, 2.05) is 30.3 Å². The Bertz CT molecular complexity index is 1080. The number of aromatic hydroxyl groups is 1. The molecule has 0 aliphatic rings. The lowest BCUT2D eigenvalue weighted by Crippen LogP contribution is -2.19. The van der Waals surface area contributed by atoms with E-state index in [-0.39, 0.29) is 31.2 Å². The molecule has 1 heterocycles. The van der Waals surface area contributed by atoms with Crippen LogP contribution in [-0.2, 0) is 13.2 Å². The Hall–Kier alpha value is -3.65. The quantitative estimate of drug-likeness (QED) is 0.469. The first-order valence-electron chi connectivity index (χ1n) is 8.92. The van der Waals surface area contributed by atoms with Gasteiger partial charge in [-0.05, 0) is 30.2 Å². The third-order valence-electron chi connectivity index (χ3n) is 4.53. The maximum absolute atomic E-state index is 12.9. The van der Waals surface area contributed by atoms with Crippen molar-refractivity contribution in [3.8, 4) is 22.9 Å². The third-order valence-corrected chi connectivity index (χ3v) is 4.53. The van der Waals surface area contributed by atoms with E-state index in [4.69, 9.17) is 4.74 Å². The molecule has 1 aromatic heterocycles. The maximum atomic E-state index is 12.9. The number of rotatable bonds is 7. The zero-order valence-electron chi connectivity index (χ0n) is 15.7. The maximum Gasteiger partial charge on any atom is 0.269 e. The number of aromatic nitrogens is 1. The average molecular weight is 396 g/mol. The highest BCUT2D eigenvalue weighted by Crippen LogP contribution is 2.32. The first-order valence-corrected chi connectivity index (χ1v) is 8.92. The lowest BCUT2D eigenvalue weighted by Gasteiger charge is -2.20. The molecule has 0 aliphatic carbocycles. The predicted octanol–water partition coefficient (Wildman–Crippen LogP) is 3.01. The van der Waals surface area contributed by atoms with Crippen molar-refractivity contribution in [1.82, 2.24) is 4.57 Å². The lowest BCUT2D eigenvalue weighted by molar-refractivity contribution is -0.384. The highest BCUT2D eigenvalue weighted by atomic mass is 16.6. The fourth-order valence-electron chi connectivity index (χ4n) is 3.10. The van der Waals surface area contributed by atoms with Gasteiger partial charge in [0.15, 0.2) is 0 Å². The second-order valence-electron chi connectivity index (χ2n) is 6.41. The number of aliphatic hydroxyl groups is 1. The Morgan fingerprint density at radius 1 is 1.10 bits per heavy atom. The molecule has 0 atom stereocenters. The first-order chi connectivity index (χ1) is 13.9. The molecule has 0 fully saturated rings. The molecule has 8 heteroatoms. The number of pyridine rings is 1. The normalized spacial score (nSPS) is 10.7. The number of non-ortho nitro benzene ring substituents is 1. The monoisotopic (exact) mass is 396 g/mol. The molecule has 150 valence electrons. The minimum Gasteiger partial charge on any atom is -0.492 e. The summed E-state index contributed by atoms with van der Waals surface area (Å²) in [6.07, 6.45) is 0. The number of benzene rings is 2. The van der Waals surface area contributed by atoms with Crippen molar-refractivity contribution in [1.29, 1.82) is 0 Å². The summed E-state index contributed by atoms with van der Waals surface area (Å²) in [4.78, 5) is 23.2. The lowest BCUT2D eigenvalue weighted by atomic mass is 10.0. The van der Waals surface area contributed by atoms with E-state index in [0.29, 0.717) is 16.8 Å². The van der Waals surface area contributed by atoms with E-state index >= 15 is 0 Å². The van der Waals surface area contributed by atoms with Crippen molar-refractivity contribution in [3.63, 3.8) is 0 Å². The molecule has 0 amide bonds. The summed E-state index contributed by atoms with van der Waals surface area (Å²) >= 11 is 0. The molecule has 2 N–H and O–H groups in total. The molecule has 0 saturated heterocycles. The second-order valence-corrected chi connectivity index (χ2v) is 6.41. The minimum atomic E-state index is -0.518. The third kappa shape index (κ3) is 4.12. The van der Waals surface area contributed by atoms with Gasteiger partial charge in [0.05, 0.1) is 17.2 Å². The summed E-state index contributed by atoms with van der Waals surface area (Å²) in [6.45, 7) is 1.41. The van der Waals surface area contributed by atoms with Gasteiger partial charge in [-0.2, -0.15) is 0 Å². The Kier molecular flexibility index (Phi) is 5.94. The number of aliphatic hydroxyl groups excluding tert-OH is 1. The molecule has 0 saturated carbocycles. The number of hydrogen-bond acceptors (Lipinski definition) is 6. The molecular weight excluding hydrogens is 376 g/mol. The van der Waals surface area contributed by atoms with Gasteiger partial charge in [0.25, 0.3) is 5.69 Å². The Balaban J connectivity index is 2.08. The van der Waals surface area contributed by atoms with Crippen molar-refractivity contribution >= 4 is 5.69 Å². The number of nitrogens with zero attached hydrogens (tertiary/aromatic N) is 2. The molecular formula is C21H20N2O6. The van der Waals surface area contributed by atoms with E-state index in [0.717, 1.165) is 5.56 Å². The van der Waals surface area contributed by atoms with Gasteiger partial charge in [-0.1, -0.05) is 30.3 Å². The number of ether oxygens (including phenoxy) is 1. The van der Waals surface area contributed by atoms with Crippen LogP contribution in [-0.4, -0.2) is 26.3 Å². The van der Waals surface area contributed by atoms with Crippen LogP contribution in [0.1, 0.15) is 11.1 Å². The summed E-state index contributed by atoms with van der Waals surface area (Å²) in [6, 6.07) is 14.8. The number of nitro groups is 1. The van der Waals surface area contributed by atoms with Crippen molar-refractivity contribution < 1.29 is 19.9 Å². The summed E-state index contributed by atoms with van der Waals surface area (Å²) < 4.78 is 6.98. The molecule has 29 heavy (non-hydrogen) atoms. The van der Waals surface area contributed by atoms with Crippen LogP contribution in [0.2, 0.25) is 0 Å². The van der Waals surface area contributed by atoms with Crippen molar-refractivity contribution in [2.24, 2.45) is 0 Å². The summed E-state index contributed by atoms with van der Waals surface area (Å²) in [5.74, 6) is -0.607. The fourth-order valence-corrected chi connectivity index (χ4v) is 3.10. The van der Waals surface area contributed by atoms with Crippen molar-refractivity contribution in [2.45, 2.75) is 20.1 Å². The van der Waals surface area contributed by atoms with Gasteiger partial charge in [0, 0.05) is 24.2 Å².